The number of anilines is 1. The summed E-state index contributed by atoms with van der Waals surface area (Å²) in [6, 6.07) is 2.40. The minimum absolute atomic E-state index is 0.0247. The Kier molecular flexibility index (Phi) is 3.12. The summed E-state index contributed by atoms with van der Waals surface area (Å²) in [7, 11) is 0. The number of rotatable bonds is 3. The summed E-state index contributed by atoms with van der Waals surface area (Å²) in [4.78, 5) is 21.2. The van der Waals surface area contributed by atoms with E-state index >= 15 is 0 Å². The Morgan fingerprint density at radius 1 is 1.44 bits per heavy atom. The molecule has 0 radical (unpaired) electrons. The fraction of sp³-hybridized carbons (Fsp3) is 0.300. The summed E-state index contributed by atoms with van der Waals surface area (Å²) < 4.78 is 0. The van der Waals surface area contributed by atoms with Gasteiger partial charge in [-0.05, 0) is 11.5 Å². The Hall–Kier alpha value is -2.11. The normalized spacial score (nSPS) is 10.4. The van der Waals surface area contributed by atoms with Gasteiger partial charge >= 0.3 is 0 Å². The van der Waals surface area contributed by atoms with E-state index in [0.717, 1.165) is 6.07 Å². The minimum atomic E-state index is -0.709. The predicted octanol–water partition coefficient (Wildman–Crippen LogP) is 1.40. The van der Waals surface area contributed by atoms with Crippen molar-refractivity contribution < 1.29 is 9.72 Å². The molecule has 1 amide bonds. The molecule has 0 heterocycles. The van der Waals surface area contributed by atoms with Crippen LogP contribution in [0.2, 0.25) is 0 Å². The van der Waals surface area contributed by atoms with Crippen LogP contribution in [0.4, 0.5) is 11.4 Å². The molecule has 0 unspecified atom stereocenters. The van der Waals surface area contributed by atoms with Crippen molar-refractivity contribution >= 4 is 17.3 Å². The third kappa shape index (κ3) is 2.10. The van der Waals surface area contributed by atoms with E-state index in [-0.39, 0.29) is 22.9 Å². The lowest BCUT2D eigenvalue weighted by atomic mass is 9.94. The van der Waals surface area contributed by atoms with E-state index in [0.29, 0.717) is 5.56 Å². The monoisotopic (exact) mass is 223 g/mol. The number of hydrogen-bond donors (Lipinski definition) is 2. The average Bonchev–Trinajstić information content (AvgIpc) is 2.15. The first-order valence-corrected chi connectivity index (χ1v) is 4.72. The zero-order valence-electron chi connectivity index (χ0n) is 9.06. The van der Waals surface area contributed by atoms with Crippen LogP contribution in [0.5, 0.6) is 0 Å². The van der Waals surface area contributed by atoms with Gasteiger partial charge in [0, 0.05) is 17.8 Å². The van der Waals surface area contributed by atoms with E-state index in [1.54, 1.807) is 0 Å². The van der Waals surface area contributed by atoms with Gasteiger partial charge in [0.1, 0.15) is 0 Å². The molecule has 4 N–H and O–H groups in total. The number of nitrogen functional groups attached to an aromatic ring is 1. The highest BCUT2D eigenvalue weighted by molar-refractivity contribution is 5.96. The number of nitro benzene ring substituents is 1. The number of carbonyl (C=O) groups is 1. The molecule has 16 heavy (non-hydrogen) atoms. The minimum Gasteiger partial charge on any atom is -0.398 e. The van der Waals surface area contributed by atoms with Crippen LogP contribution >= 0.6 is 0 Å². The molecule has 0 atom stereocenters. The van der Waals surface area contributed by atoms with Gasteiger partial charge in [-0.2, -0.15) is 0 Å². The SMILES string of the molecule is CC(C)c1c(N)cc([N+](=O)[O-])cc1C(N)=O. The van der Waals surface area contributed by atoms with Gasteiger partial charge in [-0.1, -0.05) is 13.8 Å². The third-order valence-corrected chi connectivity index (χ3v) is 2.25. The lowest BCUT2D eigenvalue weighted by Crippen LogP contribution is -2.16. The quantitative estimate of drug-likeness (QED) is 0.458. The summed E-state index contributed by atoms with van der Waals surface area (Å²) in [6.07, 6.45) is 0. The van der Waals surface area contributed by atoms with Crippen molar-refractivity contribution in [2.75, 3.05) is 5.73 Å². The molecule has 0 fully saturated rings. The van der Waals surface area contributed by atoms with Crippen molar-refractivity contribution in [3.05, 3.63) is 33.4 Å². The Bertz CT molecular complexity index is 455. The Morgan fingerprint density at radius 2 is 2.00 bits per heavy atom. The van der Waals surface area contributed by atoms with E-state index in [9.17, 15) is 14.9 Å². The topological polar surface area (TPSA) is 112 Å². The fourth-order valence-corrected chi connectivity index (χ4v) is 1.61. The van der Waals surface area contributed by atoms with E-state index in [1.807, 2.05) is 13.8 Å². The van der Waals surface area contributed by atoms with Crippen LogP contribution in [0, 0.1) is 10.1 Å². The number of carbonyl (C=O) groups excluding carboxylic acids is 1. The third-order valence-electron chi connectivity index (χ3n) is 2.25. The molecule has 6 nitrogen and oxygen atoms in total. The van der Waals surface area contributed by atoms with Crippen molar-refractivity contribution in [2.24, 2.45) is 5.73 Å². The number of benzene rings is 1. The summed E-state index contributed by atoms with van der Waals surface area (Å²) in [5.74, 6) is -0.734. The van der Waals surface area contributed by atoms with Crippen molar-refractivity contribution in [3.8, 4) is 0 Å². The van der Waals surface area contributed by atoms with Crippen LogP contribution in [0.3, 0.4) is 0 Å². The number of non-ortho nitro benzene ring substituents is 1. The highest BCUT2D eigenvalue weighted by Gasteiger charge is 2.19. The van der Waals surface area contributed by atoms with Gasteiger partial charge in [-0.3, -0.25) is 14.9 Å². The Labute approximate surface area is 92.4 Å². The van der Waals surface area contributed by atoms with Crippen LogP contribution < -0.4 is 11.5 Å². The highest BCUT2D eigenvalue weighted by Crippen LogP contribution is 2.30. The molecule has 6 heteroatoms. The molecular formula is C10H13N3O3. The van der Waals surface area contributed by atoms with Gasteiger partial charge in [0.15, 0.2) is 0 Å². The van der Waals surface area contributed by atoms with E-state index in [1.165, 1.54) is 6.07 Å². The molecule has 0 spiro atoms. The molecule has 86 valence electrons. The van der Waals surface area contributed by atoms with Crippen molar-refractivity contribution in [3.63, 3.8) is 0 Å². The lowest BCUT2D eigenvalue weighted by Gasteiger charge is -2.13. The van der Waals surface area contributed by atoms with Gasteiger partial charge in [-0.15, -0.1) is 0 Å². The summed E-state index contributed by atoms with van der Waals surface area (Å²) in [5, 5.41) is 10.6. The summed E-state index contributed by atoms with van der Waals surface area (Å²) >= 11 is 0. The molecular weight excluding hydrogens is 210 g/mol. The first-order chi connectivity index (χ1) is 7.34. The van der Waals surface area contributed by atoms with Crippen LogP contribution in [-0.2, 0) is 0 Å². The van der Waals surface area contributed by atoms with Gasteiger partial charge in [0.05, 0.1) is 10.5 Å². The fourth-order valence-electron chi connectivity index (χ4n) is 1.61. The van der Waals surface area contributed by atoms with Gasteiger partial charge in [0.25, 0.3) is 5.69 Å². The molecule has 0 aliphatic rings. The van der Waals surface area contributed by atoms with Gasteiger partial charge < -0.3 is 11.5 Å². The molecule has 0 aromatic heterocycles. The van der Waals surface area contributed by atoms with Crippen LogP contribution in [0.1, 0.15) is 35.7 Å². The van der Waals surface area contributed by atoms with E-state index in [4.69, 9.17) is 11.5 Å². The van der Waals surface area contributed by atoms with Crippen molar-refractivity contribution in [2.45, 2.75) is 19.8 Å². The average molecular weight is 223 g/mol. The van der Waals surface area contributed by atoms with E-state index in [2.05, 4.69) is 0 Å². The largest absolute Gasteiger partial charge is 0.398 e. The van der Waals surface area contributed by atoms with Crippen molar-refractivity contribution in [1.82, 2.24) is 0 Å². The number of primary amides is 1. The number of hydrogen-bond acceptors (Lipinski definition) is 4. The maximum Gasteiger partial charge on any atom is 0.272 e. The molecule has 0 aliphatic heterocycles. The molecule has 0 saturated heterocycles. The van der Waals surface area contributed by atoms with Crippen LogP contribution in [0.25, 0.3) is 0 Å². The second-order valence-corrected chi connectivity index (χ2v) is 3.77. The first kappa shape index (κ1) is 12.0. The summed E-state index contributed by atoms with van der Waals surface area (Å²) in [6.45, 7) is 3.67. The number of nitro groups is 1. The molecule has 0 aliphatic carbocycles. The second kappa shape index (κ2) is 4.18. The zero-order chi connectivity index (χ0) is 12.5. The van der Waals surface area contributed by atoms with E-state index < -0.39 is 10.8 Å². The predicted molar refractivity (Wildman–Crippen MR) is 60.1 cm³/mol. The Balaban J connectivity index is 3.52. The number of nitrogens with zero attached hydrogens (tertiary/aromatic N) is 1. The standard InChI is InChI=1S/C10H13N3O3/c1-5(2)9-7(10(12)14)3-6(13(15)16)4-8(9)11/h3-5H,11H2,1-2H3,(H2,12,14). The molecule has 0 saturated carbocycles. The Morgan fingerprint density at radius 3 is 2.38 bits per heavy atom. The smallest absolute Gasteiger partial charge is 0.272 e. The maximum absolute atomic E-state index is 11.2. The van der Waals surface area contributed by atoms with Crippen LogP contribution in [-0.4, -0.2) is 10.8 Å². The molecule has 0 bridgehead atoms. The van der Waals surface area contributed by atoms with Gasteiger partial charge in [-0.25, -0.2) is 0 Å². The molecule has 1 rings (SSSR count). The number of amides is 1. The van der Waals surface area contributed by atoms with Gasteiger partial charge in [0.2, 0.25) is 5.91 Å². The first-order valence-electron chi connectivity index (χ1n) is 4.72. The maximum atomic E-state index is 11.2. The summed E-state index contributed by atoms with van der Waals surface area (Å²) in [5.41, 5.74) is 11.5. The molecule has 1 aromatic rings. The van der Waals surface area contributed by atoms with Crippen molar-refractivity contribution in [1.29, 1.82) is 0 Å². The number of nitrogens with two attached hydrogens (primary N) is 2. The zero-order valence-corrected chi connectivity index (χ0v) is 9.06. The highest BCUT2D eigenvalue weighted by atomic mass is 16.6. The second-order valence-electron chi connectivity index (χ2n) is 3.77. The molecule has 1 aromatic carbocycles. The lowest BCUT2D eigenvalue weighted by molar-refractivity contribution is -0.384. The van der Waals surface area contributed by atoms with Crippen LogP contribution in [0.15, 0.2) is 12.1 Å².